The summed E-state index contributed by atoms with van der Waals surface area (Å²) in [6.45, 7) is 0.317. The predicted molar refractivity (Wildman–Crippen MR) is 125 cm³/mol. The first-order valence-corrected chi connectivity index (χ1v) is 11.0. The van der Waals surface area contributed by atoms with E-state index < -0.39 is 17.7 Å². The fourth-order valence-electron chi connectivity index (χ4n) is 4.21. The Balaban J connectivity index is 1.56. The topological polar surface area (TPSA) is 96.3 Å². The number of amides is 1. The molecule has 7 nitrogen and oxygen atoms in total. The Hall–Kier alpha value is -3.97. The number of aromatic hydroxyl groups is 1. The molecule has 3 aromatic rings. The number of fused-ring (bicyclic) bond motifs is 1. The van der Waals surface area contributed by atoms with E-state index >= 15 is 0 Å². The van der Waals surface area contributed by atoms with Crippen LogP contribution in [0.25, 0.3) is 5.76 Å². The van der Waals surface area contributed by atoms with E-state index in [9.17, 15) is 19.8 Å². The summed E-state index contributed by atoms with van der Waals surface area (Å²) in [6.07, 6.45) is 0.489. The van der Waals surface area contributed by atoms with Crippen molar-refractivity contribution in [3.63, 3.8) is 0 Å². The van der Waals surface area contributed by atoms with Crippen molar-refractivity contribution < 1.29 is 29.3 Å². The van der Waals surface area contributed by atoms with Gasteiger partial charge in [-0.05, 0) is 60.0 Å². The molecular weight excluding hydrogens is 458 g/mol. The maximum atomic E-state index is 13.1. The number of carbonyl (C=O) groups is 2. The first-order valence-electron chi connectivity index (χ1n) is 10.6. The minimum atomic E-state index is -0.821. The second kappa shape index (κ2) is 8.76. The van der Waals surface area contributed by atoms with Gasteiger partial charge in [0.15, 0.2) is 11.5 Å². The molecule has 2 aliphatic heterocycles. The second-order valence-electron chi connectivity index (χ2n) is 8.03. The minimum Gasteiger partial charge on any atom is -0.508 e. The van der Waals surface area contributed by atoms with Crippen LogP contribution in [0.3, 0.4) is 0 Å². The van der Waals surface area contributed by atoms with Gasteiger partial charge in [0.2, 0.25) is 6.79 Å². The number of rotatable bonds is 5. The Morgan fingerprint density at radius 2 is 1.68 bits per heavy atom. The Kier molecular flexibility index (Phi) is 5.63. The summed E-state index contributed by atoms with van der Waals surface area (Å²) in [7, 11) is 0. The van der Waals surface area contributed by atoms with Crippen molar-refractivity contribution in [1.29, 1.82) is 0 Å². The summed E-state index contributed by atoms with van der Waals surface area (Å²) in [5.74, 6) is -0.739. The first kappa shape index (κ1) is 21.9. The van der Waals surface area contributed by atoms with Gasteiger partial charge in [0.25, 0.3) is 11.7 Å². The zero-order chi connectivity index (χ0) is 23.8. The highest BCUT2D eigenvalue weighted by atomic mass is 35.5. The first-order chi connectivity index (χ1) is 16.4. The molecule has 0 aromatic heterocycles. The SMILES string of the molecule is O=C1C(=O)N(CCc2ccc(Cl)cc2)C(c2ccc(O)cc2)/C1=C(/O)c1ccc2c(c1)OCO2. The van der Waals surface area contributed by atoms with Crippen LogP contribution in [0.2, 0.25) is 5.02 Å². The van der Waals surface area contributed by atoms with Crippen LogP contribution in [-0.2, 0) is 16.0 Å². The zero-order valence-corrected chi connectivity index (χ0v) is 18.7. The molecule has 5 rings (SSSR count). The number of Topliss-reactive ketones (excluding diaryl/α,β-unsaturated/α-hetero) is 1. The fraction of sp³-hybridized carbons (Fsp3) is 0.154. The van der Waals surface area contributed by atoms with Gasteiger partial charge >= 0.3 is 0 Å². The van der Waals surface area contributed by atoms with E-state index in [-0.39, 0.29) is 30.4 Å². The number of benzene rings is 3. The van der Waals surface area contributed by atoms with E-state index in [2.05, 4.69) is 0 Å². The van der Waals surface area contributed by atoms with Crippen LogP contribution in [0.4, 0.5) is 0 Å². The van der Waals surface area contributed by atoms with Crippen molar-refractivity contribution >= 4 is 29.1 Å². The lowest BCUT2D eigenvalue weighted by Crippen LogP contribution is -2.31. The van der Waals surface area contributed by atoms with Crippen molar-refractivity contribution in [1.82, 2.24) is 4.90 Å². The number of phenols is 1. The third-order valence-electron chi connectivity index (χ3n) is 5.95. The van der Waals surface area contributed by atoms with Gasteiger partial charge in [-0.1, -0.05) is 35.9 Å². The lowest BCUT2D eigenvalue weighted by Gasteiger charge is -2.25. The van der Waals surface area contributed by atoms with Gasteiger partial charge in [0, 0.05) is 17.1 Å². The molecule has 0 bridgehead atoms. The van der Waals surface area contributed by atoms with Crippen LogP contribution >= 0.6 is 11.6 Å². The average molecular weight is 478 g/mol. The van der Waals surface area contributed by atoms with Crippen LogP contribution < -0.4 is 9.47 Å². The second-order valence-corrected chi connectivity index (χ2v) is 8.46. The Labute approximate surface area is 200 Å². The highest BCUT2D eigenvalue weighted by Gasteiger charge is 2.45. The number of nitrogens with zero attached hydrogens (tertiary/aromatic N) is 1. The Morgan fingerprint density at radius 1 is 0.971 bits per heavy atom. The maximum absolute atomic E-state index is 13.1. The van der Waals surface area contributed by atoms with Crippen LogP contribution in [0.15, 0.2) is 72.3 Å². The zero-order valence-electron chi connectivity index (χ0n) is 17.9. The van der Waals surface area contributed by atoms with Gasteiger partial charge in [-0.3, -0.25) is 9.59 Å². The summed E-state index contributed by atoms with van der Waals surface area (Å²) < 4.78 is 10.7. The van der Waals surface area contributed by atoms with Gasteiger partial charge in [-0.25, -0.2) is 0 Å². The number of phenolic OH excluding ortho intramolecular Hbond substituents is 1. The normalized spacial score (nSPS) is 18.5. The van der Waals surface area contributed by atoms with Crippen LogP contribution in [0.1, 0.15) is 22.7 Å². The molecule has 0 saturated carbocycles. The summed E-state index contributed by atoms with van der Waals surface area (Å²) in [5.41, 5.74) is 1.86. The molecule has 2 N–H and O–H groups in total. The van der Waals surface area contributed by atoms with E-state index in [4.69, 9.17) is 21.1 Å². The van der Waals surface area contributed by atoms with E-state index in [1.54, 1.807) is 42.5 Å². The van der Waals surface area contributed by atoms with Gasteiger partial charge in [0.1, 0.15) is 11.5 Å². The highest BCUT2D eigenvalue weighted by Crippen LogP contribution is 2.41. The molecule has 0 radical (unpaired) electrons. The van der Waals surface area contributed by atoms with Crippen LogP contribution in [-0.4, -0.2) is 40.1 Å². The summed E-state index contributed by atoms with van der Waals surface area (Å²) in [4.78, 5) is 27.7. The van der Waals surface area contributed by atoms with Crippen molar-refractivity contribution in [2.45, 2.75) is 12.5 Å². The largest absolute Gasteiger partial charge is 0.508 e. The number of carbonyl (C=O) groups excluding carboxylic acids is 2. The third kappa shape index (κ3) is 3.95. The fourth-order valence-corrected chi connectivity index (χ4v) is 4.34. The molecule has 8 heteroatoms. The summed E-state index contributed by atoms with van der Waals surface area (Å²) >= 11 is 5.96. The molecule has 1 amide bonds. The molecule has 1 saturated heterocycles. The molecule has 0 aliphatic carbocycles. The molecule has 1 atom stereocenters. The number of ether oxygens (including phenoxy) is 2. The number of hydrogen-bond acceptors (Lipinski definition) is 6. The van der Waals surface area contributed by atoms with Gasteiger partial charge in [-0.15, -0.1) is 0 Å². The summed E-state index contributed by atoms with van der Waals surface area (Å²) in [6, 6.07) is 17.5. The van der Waals surface area contributed by atoms with E-state index in [1.165, 1.54) is 17.0 Å². The number of aliphatic hydroxyl groups is 1. The highest BCUT2D eigenvalue weighted by molar-refractivity contribution is 6.46. The van der Waals surface area contributed by atoms with E-state index in [0.29, 0.717) is 34.1 Å². The number of likely N-dealkylation sites (tertiary alicyclic amines) is 1. The van der Waals surface area contributed by atoms with Gasteiger partial charge in [0.05, 0.1) is 11.6 Å². The van der Waals surface area contributed by atoms with Crippen molar-refractivity contribution in [2.75, 3.05) is 13.3 Å². The molecule has 2 heterocycles. The Morgan fingerprint density at radius 3 is 2.41 bits per heavy atom. The number of ketones is 1. The molecule has 34 heavy (non-hydrogen) atoms. The summed E-state index contributed by atoms with van der Waals surface area (Å²) in [5, 5.41) is 21.5. The molecule has 1 fully saturated rings. The van der Waals surface area contributed by atoms with Gasteiger partial charge < -0.3 is 24.6 Å². The Bertz CT molecular complexity index is 1300. The number of halogens is 1. The molecular formula is C26H20ClNO6. The van der Waals surface area contributed by atoms with E-state index in [0.717, 1.165) is 5.56 Å². The van der Waals surface area contributed by atoms with Crippen molar-refractivity contribution in [3.05, 3.63) is 94.0 Å². The van der Waals surface area contributed by atoms with E-state index in [1.807, 2.05) is 12.1 Å². The molecule has 0 spiro atoms. The monoisotopic (exact) mass is 477 g/mol. The standard InChI is InChI=1S/C26H20ClNO6/c27-18-6-1-15(2-7-18)11-12-28-23(16-3-8-19(29)9-4-16)22(25(31)26(28)32)24(30)17-5-10-20-21(13-17)34-14-33-20/h1-10,13,23,29-30H,11-12,14H2/b24-22-. The quantitative estimate of drug-likeness (QED) is 0.320. The van der Waals surface area contributed by atoms with Crippen molar-refractivity contribution in [3.8, 4) is 17.2 Å². The lowest BCUT2D eigenvalue weighted by atomic mass is 9.95. The smallest absolute Gasteiger partial charge is 0.295 e. The van der Waals surface area contributed by atoms with Crippen LogP contribution in [0, 0.1) is 0 Å². The van der Waals surface area contributed by atoms with Crippen LogP contribution in [0.5, 0.6) is 17.2 Å². The van der Waals surface area contributed by atoms with Crippen molar-refractivity contribution in [2.24, 2.45) is 0 Å². The molecule has 1 unspecified atom stereocenters. The maximum Gasteiger partial charge on any atom is 0.295 e. The number of aliphatic hydroxyl groups excluding tert-OH is 1. The third-order valence-corrected chi connectivity index (χ3v) is 6.20. The molecule has 172 valence electrons. The average Bonchev–Trinajstić information content (AvgIpc) is 3.41. The molecule has 3 aromatic carbocycles. The predicted octanol–water partition coefficient (Wildman–Crippen LogP) is 4.44. The number of hydrogen-bond donors (Lipinski definition) is 2. The minimum absolute atomic E-state index is 0.0225. The molecule has 2 aliphatic rings. The lowest BCUT2D eigenvalue weighted by molar-refractivity contribution is -0.139. The van der Waals surface area contributed by atoms with Gasteiger partial charge in [-0.2, -0.15) is 0 Å².